The predicted octanol–water partition coefficient (Wildman–Crippen LogP) is 3.92. The Hall–Kier alpha value is -0.820. The van der Waals surface area contributed by atoms with Crippen LogP contribution in [0.25, 0.3) is 0 Å². The fourth-order valence-electron chi connectivity index (χ4n) is 3.05. The molecule has 0 bridgehead atoms. The summed E-state index contributed by atoms with van der Waals surface area (Å²) in [5.41, 5.74) is 8.25. The van der Waals surface area contributed by atoms with Crippen molar-refractivity contribution in [3.8, 4) is 0 Å². The molecule has 1 fully saturated rings. The smallest absolute Gasteiger partial charge is 0.00960 e. The van der Waals surface area contributed by atoms with Gasteiger partial charge in [-0.1, -0.05) is 56.5 Å². The topological polar surface area (TPSA) is 26.0 Å². The van der Waals surface area contributed by atoms with Crippen LogP contribution < -0.4 is 5.73 Å². The zero-order valence-corrected chi connectivity index (χ0v) is 11.0. The maximum atomic E-state index is 6.43. The zero-order chi connectivity index (χ0) is 12.1. The molecule has 2 N–H and O–H groups in total. The molecule has 0 radical (unpaired) electrons. The lowest BCUT2D eigenvalue weighted by Gasteiger charge is -2.39. The average molecular weight is 231 g/mol. The predicted molar refractivity (Wildman–Crippen MR) is 73.9 cm³/mol. The molecule has 1 saturated carbocycles. The van der Waals surface area contributed by atoms with Crippen molar-refractivity contribution in [2.45, 2.75) is 57.9 Å². The van der Waals surface area contributed by atoms with Gasteiger partial charge in [-0.05, 0) is 36.7 Å². The molecule has 94 valence electrons. The average Bonchev–Trinajstić information content (AvgIpc) is 2.38. The summed E-state index contributed by atoms with van der Waals surface area (Å²) < 4.78 is 0. The Kier molecular flexibility index (Phi) is 4.22. The van der Waals surface area contributed by atoms with Gasteiger partial charge < -0.3 is 5.73 Å². The first-order valence-electron chi connectivity index (χ1n) is 7.00. The van der Waals surface area contributed by atoms with Crippen molar-refractivity contribution < 1.29 is 0 Å². The van der Waals surface area contributed by atoms with E-state index >= 15 is 0 Å². The summed E-state index contributed by atoms with van der Waals surface area (Å²) in [6.45, 7) is 2.39. The van der Waals surface area contributed by atoms with E-state index in [-0.39, 0.29) is 0 Å². The minimum Gasteiger partial charge on any atom is -0.327 e. The second-order valence-electron chi connectivity index (χ2n) is 5.85. The minimum absolute atomic E-state index is 0.364. The van der Waals surface area contributed by atoms with Gasteiger partial charge >= 0.3 is 0 Å². The fraction of sp³-hybridized carbons (Fsp3) is 0.625. The largest absolute Gasteiger partial charge is 0.327 e. The quantitative estimate of drug-likeness (QED) is 0.835. The molecular formula is C16H25N. The number of benzene rings is 1. The highest BCUT2D eigenvalue weighted by atomic mass is 14.7. The van der Waals surface area contributed by atoms with Crippen LogP contribution in [0.1, 0.15) is 51.0 Å². The summed E-state index contributed by atoms with van der Waals surface area (Å²) in [6.07, 6.45) is 9.04. The summed E-state index contributed by atoms with van der Waals surface area (Å²) in [5.74, 6) is 0. The van der Waals surface area contributed by atoms with Crippen LogP contribution in [0.5, 0.6) is 0 Å². The molecule has 1 aliphatic carbocycles. The van der Waals surface area contributed by atoms with Crippen LogP contribution in [0.4, 0.5) is 0 Å². The second kappa shape index (κ2) is 5.68. The van der Waals surface area contributed by atoms with Crippen molar-refractivity contribution in [2.75, 3.05) is 0 Å². The summed E-state index contributed by atoms with van der Waals surface area (Å²) in [4.78, 5) is 0. The zero-order valence-electron chi connectivity index (χ0n) is 11.0. The van der Waals surface area contributed by atoms with E-state index in [4.69, 9.17) is 5.73 Å². The molecule has 2 rings (SSSR count). The van der Waals surface area contributed by atoms with Crippen LogP contribution in [-0.4, -0.2) is 6.04 Å². The van der Waals surface area contributed by atoms with E-state index in [1.165, 1.54) is 37.7 Å². The van der Waals surface area contributed by atoms with Gasteiger partial charge in [0.2, 0.25) is 0 Å². The first-order valence-corrected chi connectivity index (χ1v) is 7.00. The van der Waals surface area contributed by atoms with Gasteiger partial charge in [0.15, 0.2) is 0 Å². The van der Waals surface area contributed by atoms with Crippen molar-refractivity contribution in [1.29, 1.82) is 0 Å². The van der Waals surface area contributed by atoms with Crippen molar-refractivity contribution >= 4 is 0 Å². The summed E-state index contributed by atoms with van der Waals surface area (Å²) in [5, 5.41) is 0. The Morgan fingerprint density at radius 3 is 2.41 bits per heavy atom. The van der Waals surface area contributed by atoms with Crippen LogP contribution in [-0.2, 0) is 6.42 Å². The molecular weight excluding hydrogens is 206 g/mol. The summed E-state index contributed by atoms with van der Waals surface area (Å²) in [7, 11) is 0. The van der Waals surface area contributed by atoms with E-state index in [1.807, 2.05) is 0 Å². The first kappa shape index (κ1) is 12.6. The minimum atomic E-state index is 0.364. The molecule has 1 atom stereocenters. The molecule has 0 spiro atoms. The van der Waals surface area contributed by atoms with E-state index in [1.54, 1.807) is 0 Å². The number of aryl methyl sites for hydroxylation is 1. The highest BCUT2D eigenvalue weighted by molar-refractivity contribution is 5.15. The third kappa shape index (κ3) is 3.32. The third-order valence-corrected chi connectivity index (χ3v) is 4.48. The number of nitrogens with two attached hydrogens (primary N) is 1. The van der Waals surface area contributed by atoms with Crippen molar-refractivity contribution in [3.63, 3.8) is 0 Å². The van der Waals surface area contributed by atoms with Gasteiger partial charge in [0, 0.05) is 6.04 Å². The third-order valence-electron chi connectivity index (χ3n) is 4.48. The Balaban J connectivity index is 1.86. The Bertz CT molecular complexity index is 325. The molecule has 17 heavy (non-hydrogen) atoms. The molecule has 1 nitrogen and oxygen atoms in total. The van der Waals surface area contributed by atoms with Gasteiger partial charge in [-0.25, -0.2) is 0 Å². The summed E-state index contributed by atoms with van der Waals surface area (Å²) in [6, 6.07) is 11.1. The molecule has 0 saturated heterocycles. The van der Waals surface area contributed by atoms with Crippen LogP contribution in [0.15, 0.2) is 30.3 Å². The molecule has 1 aliphatic rings. The fourth-order valence-corrected chi connectivity index (χ4v) is 3.05. The number of hydrogen-bond donors (Lipinski definition) is 1. The standard InChI is InChI=1S/C16H25N/c1-16(12-6-3-7-13-16)15(17)11-10-14-8-4-2-5-9-14/h2,4-5,8-9,15H,3,6-7,10-13,17H2,1H3. The molecule has 0 heterocycles. The lowest BCUT2D eigenvalue weighted by molar-refractivity contribution is 0.163. The highest BCUT2D eigenvalue weighted by Crippen LogP contribution is 2.39. The summed E-state index contributed by atoms with van der Waals surface area (Å²) >= 11 is 0. The van der Waals surface area contributed by atoms with E-state index in [9.17, 15) is 0 Å². The van der Waals surface area contributed by atoms with Crippen molar-refractivity contribution in [2.24, 2.45) is 11.1 Å². The van der Waals surface area contributed by atoms with Gasteiger partial charge in [-0.3, -0.25) is 0 Å². The normalized spacial score (nSPS) is 21.1. The molecule has 1 unspecified atom stereocenters. The molecule has 0 aromatic heterocycles. The van der Waals surface area contributed by atoms with E-state index < -0.39 is 0 Å². The van der Waals surface area contributed by atoms with E-state index in [2.05, 4.69) is 37.3 Å². The SMILES string of the molecule is CC1(C(N)CCc2ccccc2)CCCCC1. The highest BCUT2D eigenvalue weighted by Gasteiger charge is 2.32. The number of hydrogen-bond acceptors (Lipinski definition) is 1. The van der Waals surface area contributed by atoms with E-state index in [0.29, 0.717) is 11.5 Å². The molecule has 1 aromatic carbocycles. The Morgan fingerprint density at radius 2 is 1.76 bits per heavy atom. The van der Waals surface area contributed by atoms with Crippen molar-refractivity contribution in [1.82, 2.24) is 0 Å². The monoisotopic (exact) mass is 231 g/mol. The van der Waals surface area contributed by atoms with Crippen LogP contribution in [0.2, 0.25) is 0 Å². The second-order valence-corrected chi connectivity index (χ2v) is 5.85. The maximum absolute atomic E-state index is 6.43. The molecule has 1 heteroatoms. The van der Waals surface area contributed by atoms with Gasteiger partial charge in [-0.15, -0.1) is 0 Å². The van der Waals surface area contributed by atoms with Crippen LogP contribution >= 0.6 is 0 Å². The van der Waals surface area contributed by atoms with Crippen molar-refractivity contribution in [3.05, 3.63) is 35.9 Å². The van der Waals surface area contributed by atoms with Gasteiger partial charge in [0.05, 0.1) is 0 Å². The first-order chi connectivity index (χ1) is 8.21. The van der Waals surface area contributed by atoms with Gasteiger partial charge in [0.25, 0.3) is 0 Å². The number of rotatable bonds is 4. The Labute approximate surface area is 105 Å². The lowest BCUT2D eigenvalue weighted by Crippen LogP contribution is -2.41. The molecule has 1 aromatic rings. The van der Waals surface area contributed by atoms with Crippen LogP contribution in [0.3, 0.4) is 0 Å². The van der Waals surface area contributed by atoms with Gasteiger partial charge in [0.1, 0.15) is 0 Å². The lowest BCUT2D eigenvalue weighted by atomic mass is 9.69. The van der Waals surface area contributed by atoms with Crippen LogP contribution in [0, 0.1) is 5.41 Å². The van der Waals surface area contributed by atoms with Gasteiger partial charge in [-0.2, -0.15) is 0 Å². The molecule has 0 amide bonds. The Morgan fingerprint density at radius 1 is 1.12 bits per heavy atom. The maximum Gasteiger partial charge on any atom is 0.00960 e. The van der Waals surface area contributed by atoms with E-state index in [0.717, 1.165) is 12.8 Å². The molecule has 0 aliphatic heterocycles.